The Balaban J connectivity index is 4.46. The summed E-state index contributed by atoms with van der Waals surface area (Å²) in [4.78, 5) is 0. The molecule has 2 N–H and O–H groups in total. The molecule has 0 spiro atoms. The van der Waals surface area contributed by atoms with E-state index in [2.05, 4.69) is 0 Å². The van der Waals surface area contributed by atoms with Gasteiger partial charge in [0.1, 0.15) is 0 Å². The zero-order valence-corrected chi connectivity index (χ0v) is 7.02. The molecule has 0 aromatic rings. The quantitative estimate of drug-likeness (QED) is 0.697. The molecule has 0 rings (SSSR count). The SMILES string of the molecule is CC(C)CC(O)(CO)C(F)(F)F. The van der Waals surface area contributed by atoms with E-state index in [0.29, 0.717) is 0 Å². The van der Waals surface area contributed by atoms with Crippen LogP contribution in [0.1, 0.15) is 20.3 Å². The molecule has 12 heavy (non-hydrogen) atoms. The van der Waals surface area contributed by atoms with Gasteiger partial charge in [0.25, 0.3) is 0 Å². The van der Waals surface area contributed by atoms with Crippen molar-refractivity contribution in [1.82, 2.24) is 0 Å². The van der Waals surface area contributed by atoms with Gasteiger partial charge >= 0.3 is 6.18 Å². The number of alkyl halides is 3. The Morgan fingerprint density at radius 2 is 1.67 bits per heavy atom. The van der Waals surface area contributed by atoms with Crippen LogP contribution in [0.3, 0.4) is 0 Å². The van der Waals surface area contributed by atoms with Crippen LogP contribution in [0.2, 0.25) is 0 Å². The second-order valence-electron chi connectivity index (χ2n) is 3.29. The smallest absolute Gasteiger partial charge is 0.393 e. The third kappa shape index (κ3) is 2.64. The van der Waals surface area contributed by atoms with Gasteiger partial charge in [-0.3, -0.25) is 0 Å². The van der Waals surface area contributed by atoms with Crippen molar-refractivity contribution < 1.29 is 23.4 Å². The van der Waals surface area contributed by atoms with Crippen LogP contribution in [0.15, 0.2) is 0 Å². The number of aliphatic hydroxyl groups is 2. The lowest BCUT2D eigenvalue weighted by molar-refractivity contribution is -0.275. The van der Waals surface area contributed by atoms with Crippen molar-refractivity contribution in [2.24, 2.45) is 5.92 Å². The molecule has 0 aromatic carbocycles. The largest absolute Gasteiger partial charge is 0.419 e. The van der Waals surface area contributed by atoms with E-state index in [1.165, 1.54) is 0 Å². The Bertz CT molecular complexity index is 144. The predicted octanol–water partition coefficient (Wildman–Crippen LogP) is 1.32. The lowest BCUT2D eigenvalue weighted by atomic mass is 9.93. The average Bonchev–Trinajstić information content (AvgIpc) is 1.83. The number of halogens is 3. The minimum atomic E-state index is -4.76. The molecular weight excluding hydrogens is 173 g/mol. The lowest BCUT2D eigenvalue weighted by Crippen LogP contribution is -2.49. The van der Waals surface area contributed by atoms with Crippen LogP contribution in [-0.4, -0.2) is 28.6 Å². The van der Waals surface area contributed by atoms with Gasteiger partial charge in [0.15, 0.2) is 5.60 Å². The van der Waals surface area contributed by atoms with Crippen molar-refractivity contribution in [2.75, 3.05) is 6.61 Å². The zero-order chi connectivity index (χ0) is 9.99. The van der Waals surface area contributed by atoms with Gasteiger partial charge in [-0.15, -0.1) is 0 Å². The van der Waals surface area contributed by atoms with Crippen LogP contribution in [0.4, 0.5) is 13.2 Å². The summed E-state index contributed by atoms with van der Waals surface area (Å²) >= 11 is 0. The Kier molecular flexibility index (Phi) is 3.53. The van der Waals surface area contributed by atoms with Gasteiger partial charge in [0.05, 0.1) is 6.61 Å². The summed E-state index contributed by atoms with van der Waals surface area (Å²) in [6.07, 6.45) is -5.24. The summed E-state index contributed by atoms with van der Waals surface area (Å²) in [5.41, 5.74) is -2.94. The first-order valence-electron chi connectivity index (χ1n) is 3.63. The van der Waals surface area contributed by atoms with Crippen molar-refractivity contribution in [2.45, 2.75) is 32.0 Å². The Hall–Kier alpha value is -0.290. The Morgan fingerprint density at radius 3 is 1.75 bits per heavy atom. The summed E-state index contributed by atoms with van der Waals surface area (Å²) in [6.45, 7) is 1.81. The first-order chi connectivity index (χ1) is 5.23. The van der Waals surface area contributed by atoms with E-state index in [4.69, 9.17) is 10.2 Å². The normalized spacial score (nSPS) is 18.0. The maximum absolute atomic E-state index is 12.1. The molecule has 0 bridgehead atoms. The Morgan fingerprint density at radius 1 is 1.25 bits per heavy atom. The van der Waals surface area contributed by atoms with E-state index < -0.39 is 24.8 Å². The van der Waals surface area contributed by atoms with Crippen LogP contribution >= 0.6 is 0 Å². The highest BCUT2D eigenvalue weighted by atomic mass is 19.4. The van der Waals surface area contributed by atoms with E-state index in [-0.39, 0.29) is 5.92 Å². The number of hydrogen-bond donors (Lipinski definition) is 2. The minimum Gasteiger partial charge on any atom is -0.393 e. The van der Waals surface area contributed by atoms with Gasteiger partial charge in [-0.2, -0.15) is 13.2 Å². The number of hydrogen-bond acceptors (Lipinski definition) is 2. The minimum absolute atomic E-state index is 0.316. The summed E-state index contributed by atoms with van der Waals surface area (Å²) in [7, 11) is 0. The molecule has 0 heterocycles. The summed E-state index contributed by atoms with van der Waals surface area (Å²) in [5.74, 6) is -0.316. The van der Waals surface area contributed by atoms with Crippen molar-refractivity contribution in [3.05, 3.63) is 0 Å². The molecule has 0 aromatic heterocycles. The fourth-order valence-electron chi connectivity index (χ4n) is 0.945. The van der Waals surface area contributed by atoms with Crippen LogP contribution in [-0.2, 0) is 0 Å². The van der Waals surface area contributed by atoms with Gasteiger partial charge in [0.2, 0.25) is 0 Å². The Labute approximate surface area is 69.0 Å². The topological polar surface area (TPSA) is 40.5 Å². The summed E-state index contributed by atoms with van der Waals surface area (Å²) in [6, 6.07) is 0. The maximum Gasteiger partial charge on any atom is 0.419 e. The monoisotopic (exact) mass is 186 g/mol. The molecular formula is C7H13F3O2. The molecule has 0 fully saturated rings. The molecule has 0 saturated carbocycles. The van der Waals surface area contributed by atoms with Crippen LogP contribution < -0.4 is 0 Å². The van der Waals surface area contributed by atoms with Crippen LogP contribution in [0, 0.1) is 5.92 Å². The molecule has 1 atom stereocenters. The van der Waals surface area contributed by atoms with Crippen molar-refractivity contribution in [3.63, 3.8) is 0 Å². The van der Waals surface area contributed by atoms with Gasteiger partial charge in [-0.1, -0.05) is 13.8 Å². The molecule has 0 saturated heterocycles. The maximum atomic E-state index is 12.1. The van der Waals surface area contributed by atoms with Gasteiger partial charge in [-0.25, -0.2) is 0 Å². The second-order valence-corrected chi connectivity index (χ2v) is 3.29. The highest BCUT2D eigenvalue weighted by molar-refractivity contribution is 4.86. The van der Waals surface area contributed by atoms with E-state index in [0.717, 1.165) is 0 Å². The van der Waals surface area contributed by atoms with Gasteiger partial charge in [0, 0.05) is 0 Å². The lowest BCUT2D eigenvalue weighted by Gasteiger charge is -2.29. The third-order valence-electron chi connectivity index (χ3n) is 1.54. The molecule has 1 unspecified atom stereocenters. The van der Waals surface area contributed by atoms with Crippen molar-refractivity contribution in [3.8, 4) is 0 Å². The standard InChI is InChI=1S/C7H13F3O2/c1-5(2)3-6(12,4-11)7(8,9)10/h5,11-12H,3-4H2,1-2H3. The first kappa shape index (κ1) is 11.7. The van der Waals surface area contributed by atoms with Crippen LogP contribution in [0.25, 0.3) is 0 Å². The fraction of sp³-hybridized carbons (Fsp3) is 1.00. The van der Waals surface area contributed by atoms with Crippen molar-refractivity contribution >= 4 is 0 Å². The average molecular weight is 186 g/mol. The predicted molar refractivity (Wildman–Crippen MR) is 37.5 cm³/mol. The number of aliphatic hydroxyl groups excluding tert-OH is 1. The number of rotatable bonds is 3. The molecule has 2 nitrogen and oxygen atoms in total. The fourth-order valence-corrected chi connectivity index (χ4v) is 0.945. The molecule has 0 amide bonds. The molecule has 0 radical (unpaired) electrons. The van der Waals surface area contributed by atoms with Gasteiger partial charge in [-0.05, 0) is 12.3 Å². The summed E-state index contributed by atoms with van der Waals surface area (Å²) in [5, 5.41) is 17.4. The second kappa shape index (κ2) is 3.62. The summed E-state index contributed by atoms with van der Waals surface area (Å²) < 4.78 is 36.2. The molecule has 5 heteroatoms. The van der Waals surface area contributed by atoms with Crippen molar-refractivity contribution in [1.29, 1.82) is 0 Å². The first-order valence-corrected chi connectivity index (χ1v) is 3.63. The zero-order valence-electron chi connectivity index (χ0n) is 7.02. The molecule has 0 aliphatic heterocycles. The highest BCUT2D eigenvalue weighted by Gasteiger charge is 2.53. The molecule has 0 aliphatic carbocycles. The van der Waals surface area contributed by atoms with Crippen LogP contribution in [0.5, 0.6) is 0 Å². The molecule has 0 aliphatic rings. The van der Waals surface area contributed by atoms with E-state index >= 15 is 0 Å². The van der Waals surface area contributed by atoms with E-state index in [9.17, 15) is 13.2 Å². The molecule has 74 valence electrons. The van der Waals surface area contributed by atoms with E-state index in [1.54, 1.807) is 13.8 Å². The highest BCUT2D eigenvalue weighted by Crippen LogP contribution is 2.34. The van der Waals surface area contributed by atoms with E-state index in [1.807, 2.05) is 0 Å². The van der Waals surface area contributed by atoms with Gasteiger partial charge < -0.3 is 10.2 Å². The third-order valence-corrected chi connectivity index (χ3v) is 1.54.